The number of carbonyl (C=O) groups is 1. The monoisotopic (exact) mass is 253 g/mol. The Morgan fingerprint density at radius 1 is 1.44 bits per heavy atom. The van der Waals surface area contributed by atoms with Crippen molar-refractivity contribution < 1.29 is 9.53 Å². The largest absolute Gasteiger partial charge is 0.444 e. The maximum atomic E-state index is 11.9. The zero-order valence-electron chi connectivity index (χ0n) is 12.5. The molecule has 3 heteroatoms. The van der Waals surface area contributed by atoms with Crippen LogP contribution >= 0.6 is 0 Å². The van der Waals surface area contributed by atoms with Gasteiger partial charge in [-0.25, -0.2) is 4.79 Å². The van der Waals surface area contributed by atoms with Crippen molar-refractivity contribution in [2.24, 2.45) is 5.92 Å². The molecule has 0 atom stereocenters. The number of amides is 1. The van der Waals surface area contributed by atoms with E-state index >= 15 is 0 Å². The Hall–Kier alpha value is -0.990. The van der Waals surface area contributed by atoms with Crippen LogP contribution in [-0.2, 0) is 4.74 Å². The molecule has 0 aromatic rings. The number of hydrogen-bond acceptors (Lipinski definition) is 2. The molecule has 0 aromatic carbocycles. The first-order chi connectivity index (χ1) is 8.28. The fourth-order valence-corrected chi connectivity index (χ4v) is 1.90. The summed E-state index contributed by atoms with van der Waals surface area (Å²) in [5.41, 5.74) is 1.09. The summed E-state index contributed by atoms with van der Waals surface area (Å²) in [5.74, 6) is 0.745. The van der Waals surface area contributed by atoms with Crippen molar-refractivity contribution in [3.05, 3.63) is 11.6 Å². The third-order valence-electron chi connectivity index (χ3n) is 3.00. The Bertz CT molecular complexity index is 313. The highest BCUT2D eigenvalue weighted by Crippen LogP contribution is 2.20. The molecule has 0 bridgehead atoms. The molecule has 104 valence electrons. The molecule has 0 N–H and O–H groups in total. The van der Waals surface area contributed by atoms with E-state index in [2.05, 4.69) is 19.9 Å². The van der Waals surface area contributed by atoms with Crippen LogP contribution in [0, 0.1) is 5.92 Å². The second-order valence-electron chi connectivity index (χ2n) is 6.47. The van der Waals surface area contributed by atoms with E-state index in [1.807, 2.05) is 20.8 Å². The number of nitrogens with zero attached hydrogens (tertiary/aromatic N) is 1. The molecule has 3 nitrogen and oxygen atoms in total. The van der Waals surface area contributed by atoms with Crippen molar-refractivity contribution >= 4 is 6.09 Å². The third kappa shape index (κ3) is 5.56. The second-order valence-corrected chi connectivity index (χ2v) is 6.47. The maximum absolute atomic E-state index is 11.9. The van der Waals surface area contributed by atoms with Crippen LogP contribution in [0.4, 0.5) is 4.79 Å². The summed E-state index contributed by atoms with van der Waals surface area (Å²) in [6.07, 6.45) is 5.39. The van der Waals surface area contributed by atoms with Crippen molar-refractivity contribution in [2.45, 2.75) is 59.5 Å². The van der Waals surface area contributed by atoms with Gasteiger partial charge in [0.1, 0.15) is 5.60 Å². The smallest absolute Gasteiger partial charge is 0.410 e. The summed E-state index contributed by atoms with van der Waals surface area (Å²) >= 11 is 0. The molecule has 0 spiro atoms. The lowest BCUT2D eigenvalue weighted by Crippen LogP contribution is -2.39. The van der Waals surface area contributed by atoms with Gasteiger partial charge in [-0.3, -0.25) is 0 Å². The van der Waals surface area contributed by atoms with E-state index in [1.54, 1.807) is 4.90 Å². The van der Waals surface area contributed by atoms with E-state index in [0.717, 1.165) is 18.9 Å². The zero-order chi connectivity index (χ0) is 13.8. The molecule has 18 heavy (non-hydrogen) atoms. The molecule has 0 fully saturated rings. The highest BCUT2D eigenvalue weighted by molar-refractivity contribution is 5.68. The lowest BCUT2D eigenvalue weighted by molar-refractivity contribution is 0.0265. The van der Waals surface area contributed by atoms with Gasteiger partial charge in [0.2, 0.25) is 0 Å². The van der Waals surface area contributed by atoms with Gasteiger partial charge in [0.15, 0.2) is 0 Å². The van der Waals surface area contributed by atoms with Crippen molar-refractivity contribution in [3.63, 3.8) is 0 Å². The molecule has 0 saturated heterocycles. The van der Waals surface area contributed by atoms with E-state index in [4.69, 9.17) is 4.74 Å². The Kier molecular flexibility index (Phi) is 5.24. The van der Waals surface area contributed by atoms with Crippen LogP contribution in [0.2, 0.25) is 0 Å². The van der Waals surface area contributed by atoms with Gasteiger partial charge in [0.05, 0.1) is 0 Å². The van der Waals surface area contributed by atoms with Gasteiger partial charge in [0, 0.05) is 13.1 Å². The second kappa shape index (κ2) is 6.26. The normalized spacial score (nSPS) is 16.8. The van der Waals surface area contributed by atoms with Crippen LogP contribution in [0.25, 0.3) is 0 Å². The zero-order valence-corrected chi connectivity index (χ0v) is 12.5. The van der Waals surface area contributed by atoms with Crippen molar-refractivity contribution in [3.8, 4) is 0 Å². The lowest BCUT2D eigenvalue weighted by atomic mass is 9.98. The van der Waals surface area contributed by atoms with Crippen molar-refractivity contribution in [1.82, 2.24) is 4.90 Å². The maximum Gasteiger partial charge on any atom is 0.410 e. The van der Waals surface area contributed by atoms with Gasteiger partial charge >= 0.3 is 6.09 Å². The summed E-state index contributed by atoms with van der Waals surface area (Å²) in [7, 11) is 0. The Balaban J connectivity index is 2.40. The Morgan fingerprint density at radius 2 is 2.11 bits per heavy atom. The SMILES string of the molecule is CC(C)CCC1=CCN(C(=O)OC(C)(C)C)CC1. The number of ether oxygens (including phenoxy) is 1. The molecule has 1 amide bonds. The van der Waals surface area contributed by atoms with E-state index in [0.29, 0.717) is 6.54 Å². The molecular weight excluding hydrogens is 226 g/mol. The number of hydrogen-bond donors (Lipinski definition) is 0. The Morgan fingerprint density at radius 3 is 2.56 bits per heavy atom. The molecule has 0 aliphatic carbocycles. The van der Waals surface area contributed by atoms with Crippen LogP contribution in [0.3, 0.4) is 0 Å². The molecule has 1 rings (SSSR count). The van der Waals surface area contributed by atoms with Crippen LogP contribution in [0.5, 0.6) is 0 Å². The Labute approximate surface area is 111 Å². The number of rotatable bonds is 3. The molecule has 0 unspecified atom stereocenters. The van der Waals surface area contributed by atoms with Gasteiger partial charge in [-0.1, -0.05) is 25.5 Å². The summed E-state index contributed by atoms with van der Waals surface area (Å²) in [4.78, 5) is 13.6. The summed E-state index contributed by atoms with van der Waals surface area (Å²) in [5, 5.41) is 0. The first-order valence-corrected chi connectivity index (χ1v) is 6.94. The molecule has 0 radical (unpaired) electrons. The minimum Gasteiger partial charge on any atom is -0.444 e. The van der Waals surface area contributed by atoms with Crippen molar-refractivity contribution in [2.75, 3.05) is 13.1 Å². The quantitative estimate of drug-likeness (QED) is 0.712. The fraction of sp³-hybridized carbons (Fsp3) is 0.800. The van der Waals surface area contributed by atoms with Gasteiger partial charge < -0.3 is 9.64 Å². The van der Waals surface area contributed by atoms with Gasteiger partial charge in [-0.05, 0) is 46.0 Å². The molecule has 0 saturated carbocycles. The van der Waals surface area contributed by atoms with E-state index in [1.165, 1.54) is 18.4 Å². The average molecular weight is 253 g/mol. The molecule has 0 aromatic heterocycles. The first-order valence-electron chi connectivity index (χ1n) is 6.94. The minimum absolute atomic E-state index is 0.193. The van der Waals surface area contributed by atoms with Gasteiger partial charge in [0.25, 0.3) is 0 Å². The van der Waals surface area contributed by atoms with Crippen molar-refractivity contribution in [1.29, 1.82) is 0 Å². The molecule has 1 heterocycles. The van der Waals surface area contributed by atoms with E-state index < -0.39 is 5.60 Å². The van der Waals surface area contributed by atoms with Crippen LogP contribution < -0.4 is 0 Å². The lowest BCUT2D eigenvalue weighted by Gasteiger charge is -2.29. The summed E-state index contributed by atoms with van der Waals surface area (Å²) in [6, 6.07) is 0. The fourth-order valence-electron chi connectivity index (χ4n) is 1.90. The highest BCUT2D eigenvalue weighted by Gasteiger charge is 2.23. The molecule has 1 aliphatic rings. The van der Waals surface area contributed by atoms with Crippen LogP contribution in [0.1, 0.15) is 53.9 Å². The first kappa shape index (κ1) is 15.1. The standard InChI is InChI=1S/C15H27NO2/c1-12(2)6-7-13-8-10-16(11-9-13)14(17)18-15(3,4)5/h8,12H,6-7,9-11H2,1-5H3. The van der Waals surface area contributed by atoms with E-state index in [-0.39, 0.29) is 6.09 Å². The molecular formula is C15H27NO2. The van der Waals surface area contributed by atoms with Gasteiger partial charge in [-0.15, -0.1) is 0 Å². The topological polar surface area (TPSA) is 29.5 Å². The minimum atomic E-state index is -0.404. The summed E-state index contributed by atoms with van der Waals surface area (Å²) in [6.45, 7) is 11.7. The predicted molar refractivity (Wildman–Crippen MR) is 74.6 cm³/mol. The third-order valence-corrected chi connectivity index (χ3v) is 3.00. The highest BCUT2D eigenvalue weighted by atomic mass is 16.6. The predicted octanol–water partition coefficient (Wildman–Crippen LogP) is 3.99. The average Bonchev–Trinajstić information content (AvgIpc) is 2.24. The summed E-state index contributed by atoms with van der Waals surface area (Å²) < 4.78 is 5.37. The van der Waals surface area contributed by atoms with Gasteiger partial charge in [-0.2, -0.15) is 0 Å². The number of carbonyl (C=O) groups excluding carboxylic acids is 1. The van der Waals surface area contributed by atoms with E-state index in [9.17, 15) is 4.79 Å². The molecule has 1 aliphatic heterocycles. The van der Waals surface area contributed by atoms with Crippen LogP contribution in [0.15, 0.2) is 11.6 Å². The van der Waals surface area contributed by atoms with Crippen LogP contribution in [-0.4, -0.2) is 29.7 Å².